The molecule has 0 aliphatic carbocycles. The van der Waals surface area contributed by atoms with Gasteiger partial charge in [-0.1, -0.05) is 39.3 Å². The first-order chi connectivity index (χ1) is 8.24. The van der Waals surface area contributed by atoms with Crippen molar-refractivity contribution in [1.29, 1.82) is 0 Å². The SMILES string of the molecule is CC(C)C(C)(C)CNC(=O)c1cc(S)ccc1Cl. The molecule has 0 saturated carbocycles. The van der Waals surface area contributed by atoms with Gasteiger partial charge < -0.3 is 5.32 Å². The third kappa shape index (κ3) is 3.92. The van der Waals surface area contributed by atoms with Crippen LogP contribution in [-0.4, -0.2) is 12.5 Å². The van der Waals surface area contributed by atoms with Crippen LogP contribution in [0.2, 0.25) is 5.02 Å². The van der Waals surface area contributed by atoms with Crippen molar-refractivity contribution in [3.05, 3.63) is 28.8 Å². The minimum absolute atomic E-state index is 0.0563. The number of benzene rings is 1. The van der Waals surface area contributed by atoms with Crippen LogP contribution >= 0.6 is 24.2 Å². The van der Waals surface area contributed by atoms with Gasteiger partial charge in [-0.05, 0) is 29.5 Å². The molecule has 0 atom stereocenters. The highest BCUT2D eigenvalue weighted by atomic mass is 35.5. The van der Waals surface area contributed by atoms with Gasteiger partial charge >= 0.3 is 0 Å². The van der Waals surface area contributed by atoms with Crippen molar-refractivity contribution in [2.75, 3.05) is 6.54 Å². The maximum atomic E-state index is 12.1. The molecule has 1 aromatic carbocycles. The van der Waals surface area contributed by atoms with E-state index in [4.69, 9.17) is 11.6 Å². The predicted molar refractivity (Wildman–Crippen MR) is 79.7 cm³/mol. The molecule has 0 aromatic heterocycles. The van der Waals surface area contributed by atoms with E-state index in [2.05, 4.69) is 45.6 Å². The Balaban J connectivity index is 2.75. The zero-order chi connectivity index (χ0) is 13.9. The molecule has 2 nitrogen and oxygen atoms in total. The van der Waals surface area contributed by atoms with Gasteiger partial charge in [-0.25, -0.2) is 0 Å². The summed E-state index contributed by atoms with van der Waals surface area (Å²) in [6.07, 6.45) is 0. The molecule has 4 heteroatoms. The molecule has 0 aliphatic heterocycles. The largest absolute Gasteiger partial charge is 0.351 e. The molecule has 1 aromatic rings. The van der Waals surface area contributed by atoms with Gasteiger partial charge in [0.05, 0.1) is 10.6 Å². The Bertz CT molecular complexity index is 443. The lowest BCUT2D eigenvalue weighted by molar-refractivity contribution is 0.0924. The van der Waals surface area contributed by atoms with Gasteiger partial charge in [-0.2, -0.15) is 0 Å². The van der Waals surface area contributed by atoms with Crippen molar-refractivity contribution in [1.82, 2.24) is 5.32 Å². The highest BCUT2D eigenvalue weighted by Gasteiger charge is 2.23. The summed E-state index contributed by atoms with van der Waals surface area (Å²) in [5, 5.41) is 3.38. The summed E-state index contributed by atoms with van der Waals surface area (Å²) < 4.78 is 0. The van der Waals surface area contributed by atoms with Crippen LogP contribution in [0, 0.1) is 11.3 Å². The van der Waals surface area contributed by atoms with Crippen LogP contribution in [-0.2, 0) is 0 Å². The van der Waals surface area contributed by atoms with Gasteiger partial charge in [0.25, 0.3) is 5.91 Å². The molecule has 0 aliphatic rings. The molecule has 0 unspecified atom stereocenters. The van der Waals surface area contributed by atoms with E-state index in [1.807, 2.05) is 0 Å². The lowest BCUT2D eigenvalue weighted by Gasteiger charge is -2.29. The molecule has 0 radical (unpaired) electrons. The maximum Gasteiger partial charge on any atom is 0.252 e. The molecular formula is C14H20ClNOS. The first kappa shape index (κ1) is 15.4. The van der Waals surface area contributed by atoms with Crippen molar-refractivity contribution in [2.24, 2.45) is 11.3 Å². The number of amides is 1. The predicted octanol–water partition coefficient (Wildman–Crippen LogP) is 4.04. The Morgan fingerprint density at radius 1 is 1.44 bits per heavy atom. The fraction of sp³-hybridized carbons (Fsp3) is 0.500. The van der Waals surface area contributed by atoms with E-state index in [1.54, 1.807) is 18.2 Å². The normalized spacial score (nSPS) is 11.7. The summed E-state index contributed by atoms with van der Waals surface area (Å²) in [4.78, 5) is 12.8. The molecule has 0 heterocycles. The average molecular weight is 286 g/mol. The van der Waals surface area contributed by atoms with Gasteiger partial charge in [0, 0.05) is 11.4 Å². The molecule has 1 N–H and O–H groups in total. The first-order valence-electron chi connectivity index (χ1n) is 6.01. The summed E-state index contributed by atoms with van der Waals surface area (Å²) in [6.45, 7) is 9.18. The van der Waals surface area contributed by atoms with Crippen LogP contribution in [0.15, 0.2) is 23.1 Å². The number of nitrogens with one attached hydrogen (secondary N) is 1. The van der Waals surface area contributed by atoms with Crippen LogP contribution in [0.3, 0.4) is 0 Å². The van der Waals surface area contributed by atoms with E-state index in [9.17, 15) is 4.79 Å². The zero-order valence-electron chi connectivity index (χ0n) is 11.2. The zero-order valence-corrected chi connectivity index (χ0v) is 12.9. The lowest BCUT2D eigenvalue weighted by atomic mass is 9.81. The van der Waals surface area contributed by atoms with Crippen LogP contribution in [0.4, 0.5) is 0 Å². The number of thiol groups is 1. The summed E-state index contributed by atoms with van der Waals surface area (Å²) in [7, 11) is 0. The van der Waals surface area contributed by atoms with Crippen molar-refractivity contribution in [3.63, 3.8) is 0 Å². The Morgan fingerprint density at radius 2 is 2.06 bits per heavy atom. The monoisotopic (exact) mass is 285 g/mol. The van der Waals surface area contributed by atoms with Crippen LogP contribution < -0.4 is 5.32 Å². The molecule has 1 rings (SSSR count). The molecule has 0 spiro atoms. The van der Waals surface area contributed by atoms with Crippen LogP contribution in [0.5, 0.6) is 0 Å². The molecule has 0 saturated heterocycles. The van der Waals surface area contributed by atoms with Gasteiger partial charge in [0.2, 0.25) is 0 Å². The second-order valence-electron chi connectivity index (χ2n) is 5.49. The number of hydrogen-bond donors (Lipinski definition) is 2. The smallest absolute Gasteiger partial charge is 0.252 e. The quantitative estimate of drug-likeness (QED) is 0.803. The molecule has 0 bridgehead atoms. The number of rotatable bonds is 4. The van der Waals surface area contributed by atoms with E-state index in [0.29, 0.717) is 23.0 Å². The van der Waals surface area contributed by atoms with E-state index >= 15 is 0 Å². The summed E-state index contributed by atoms with van der Waals surface area (Å²) in [6, 6.07) is 5.13. The van der Waals surface area contributed by atoms with Crippen LogP contribution in [0.25, 0.3) is 0 Å². The second kappa shape index (κ2) is 5.98. The third-order valence-electron chi connectivity index (χ3n) is 3.46. The standard InChI is InChI=1S/C14H20ClNOS/c1-9(2)14(3,4)8-16-13(17)11-7-10(18)5-6-12(11)15/h5-7,9,18H,8H2,1-4H3,(H,16,17). The summed E-state index contributed by atoms with van der Waals surface area (Å²) in [5.74, 6) is 0.342. The average Bonchev–Trinajstić information content (AvgIpc) is 2.29. The van der Waals surface area contributed by atoms with Gasteiger partial charge in [0.1, 0.15) is 0 Å². The van der Waals surface area contributed by atoms with Crippen molar-refractivity contribution in [3.8, 4) is 0 Å². The highest BCUT2D eigenvalue weighted by Crippen LogP contribution is 2.25. The second-order valence-corrected chi connectivity index (χ2v) is 6.41. The fourth-order valence-electron chi connectivity index (χ4n) is 1.29. The number of carbonyl (C=O) groups excluding carboxylic acids is 1. The molecule has 1 amide bonds. The lowest BCUT2D eigenvalue weighted by Crippen LogP contribution is -2.37. The molecular weight excluding hydrogens is 266 g/mol. The van der Waals surface area contributed by atoms with Crippen LogP contribution in [0.1, 0.15) is 38.1 Å². The van der Waals surface area contributed by atoms with E-state index in [-0.39, 0.29) is 11.3 Å². The minimum Gasteiger partial charge on any atom is -0.351 e. The third-order valence-corrected chi connectivity index (χ3v) is 4.07. The number of hydrogen-bond acceptors (Lipinski definition) is 2. The highest BCUT2D eigenvalue weighted by molar-refractivity contribution is 7.80. The van der Waals surface area contributed by atoms with Gasteiger partial charge in [-0.15, -0.1) is 12.6 Å². The Labute approximate surface area is 120 Å². The molecule has 0 fully saturated rings. The van der Waals surface area contributed by atoms with E-state index in [0.717, 1.165) is 4.90 Å². The Kier molecular flexibility index (Phi) is 5.11. The van der Waals surface area contributed by atoms with Gasteiger partial charge in [0.15, 0.2) is 0 Å². The number of halogens is 1. The fourth-order valence-corrected chi connectivity index (χ4v) is 1.70. The summed E-state index contributed by atoms with van der Waals surface area (Å²) >= 11 is 10.2. The Morgan fingerprint density at radius 3 is 2.61 bits per heavy atom. The Hall–Kier alpha value is -0.670. The van der Waals surface area contributed by atoms with E-state index in [1.165, 1.54) is 0 Å². The topological polar surface area (TPSA) is 29.1 Å². The molecule has 18 heavy (non-hydrogen) atoms. The molecule has 100 valence electrons. The van der Waals surface area contributed by atoms with Crippen molar-refractivity contribution < 1.29 is 4.79 Å². The van der Waals surface area contributed by atoms with Gasteiger partial charge in [-0.3, -0.25) is 4.79 Å². The number of carbonyl (C=O) groups is 1. The van der Waals surface area contributed by atoms with E-state index < -0.39 is 0 Å². The maximum absolute atomic E-state index is 12.1. The summed E-state index contributed by atoms with van der Waals surface area (Å²) in [5.41, 5.74) is 0.532. The first-order valence-corrected chi connectivity index (χ1v) is 6.83. The van der Waals surface area contributed by atoms with Crippen molar-refractivity contribution in [2.45, 2.75) is 32.6 Å². The minimum atomic E-state index is -0.148. The van der Waals surface area contributed by atoms with Crippen molar-refractivity contribution >= 4 is 30.1 Å².